The lowest BCUT2D eigenvalue weighted by Crippen LogP contribution is -2.34. The van der Waals surface area contributed by atoms with Gasteiger partial charge < -0.3 is 15.5 Å². The number of nitrogens with one attached hydrogen (secondary N) is 2. The summed E-state index contributed by atoms with van der Waals surface area (Å²) < 4.78 is 5.80. The summed E-state index contributed by atoms with van der Waals surface area (Å²) in [5.74, 6) is 1.61. The largest absolute Gasteiger partial charge is 0.459 e. The Morgan fingerprint density at radius 3 is 2.96 bits per heavy atom. The van der Waals surface area contributed by atoms with Gasteiger partial charge in [0.1, 0.15) is 11.5 Å². The second-order valence-electron chi connectivity index (χ2n) is 6.05. The first-order valence-corrected chi connectivity index (χ1v) is 8.82. The minimum atomic E-state index is 0.133. The van der Waals surface area contributed by atoms with E-state index >= 15 is 0 Å². The van der Waals surface area contributed by atoms with E-state index in [9.17, 15) is 0 Å². The zero-order valence-corrected chi connectivity index (χ0v) is 14.8. The third kappa shape index (κ3) is 5.30. The number of furan rings is 1. The molecule has 1 saturated heterocycles. The van der Waals surface area contributed by atoms with Crippen molar-refractivity contribution in [1.82, 2.24) is 10.3 Å². The number of anilines is 1. The smallest absolute Gasteiger partial charge is 0.184 e. The molecule has 7 heteroatoms. The van der Waals surface area contributed by atoms with Gasteiger partial charge in [0.25, 0.3) is 0 Å². The number of hydrogen-bond acceptors (Lipinski definition) is 5. The highest BCUT2D eigenvalue weighted by Gasteiger charge is 2.25. The van der Waals surface area contributed by atoms with Crippen LogP contribution in [0.25, 0.3) is 0 Å². The molecule has 1 atom stereocenters. The summed E-state index contributed by atoms with van der Waals surface area (Å²) in [5.41, 5.74) is 9.00. The lowest BCUT2D eigenvalue weighted by Gasteiger charge is -2.24. The summed E-state index contributed by atoms with van der Waals surface area (Å²) in [4.78, 5) is 2.46. The molecule has 1 aliphatic rings. The van der Waals surface area contributed by atoms with Gasteiger partial charge in [-0.2, -0.15) is 5.10 Å². The van der Waals surface area contributed by atoms with Gasteiger partial charge in [-0.15, -0.1) is 0 Å². The molecule has 3 rings (SSSR count). The predicted molar refractivity (Wildman–Crippen MR) is 105 cm³/mol. The Bertz CT molecular complexity index is 715. The van der Waals surface area contributed by atoms with E-state index in [1.54, 1.807) is 6.21 Å². The molecule has 0 aliphatic carbocycles. The molecular formula is C18H23N5OS. The van der Waals surface area contributed by atoms with Gasteiger partial charge in [0.2, 0.25) is 0 Å². The van der Waals surface area contributed by atoms with E-state index in [1.165, 1.54) is 12.8 Å². The molecule has 2 aromatic rings. The number of likely N-dealkylation sites (tertiary alicyclic amines) is 1. The molecule has 25 heavy (non-hydrogen) atoms. The van der Waals surface area contributed by atoms with Crippen LogP contribution in [0.5, 0.6) is 0 Å². The summed E-state index contributed by atoms with van der Waals surface area (Å²) in [6.07, 6.45) is 3.99. The van der Waals surface area contributed by atoms with Crippen LogP contribution in [-0.2, 0) is 6.54 Å². The Kier molecular flexibility index (Phi) is 6.03. The van der Waals surface area contributed by atoms with Crippen LogP contribution < -0.4 is 16.5 Å². The van der Waals surface area contributed by atoms with Crippen LogP contribution in [0.15, 0.2) is 52.0 Å². The Balaban J connectivity index is 1.52. The standard InChI is InChI=1S/C18H23N5OS/c19-18(25)22-21-12-16-8-9-17(24-16)13-23-10-4-7-15(23)11-20-14-5-2-1-3-6-14/h1-3,5-6,8-9,12,15,20H,4,7,10-11,13H2,(H3,19,22,25)/b21-12+/t15-/m0/s1. The average Bonchev–Trinajstić information content (AvgIpc) is 3.23. The quantitative estimate of drug-likeness (QED) is 0.401. The molecule has 1 aromatic heterocycles. The van der Waals surface area contributed by atoms with E-state index in [4.69, 9.17) is 22.4 Å². The number of hydrazone groups is 1. The molecule has 2 heterocycles. The number of para-hydroxylation sites is 1. The van der Waals surface area contributed by atoms with Gasteiger partial charge in [-0.3, -0.25) is 10.3 Å². The minimum absolute atomic E-state index is 0.133. The van der Waals surface area contributed by atoms with Gasteiger partial charge in [-0.05, 0) is 55.9 Å². The van der Waals surface area contributed by atoms with Crippen LogP contribution in [0.1, 0.15) is 24.4 Å². The van der Waals surface area contributed by atoms with Crippen LogP contribution >= 0.6 is 12.2 Å². The maximum atomic E-state index is 5.80. The minimum Gasteiger partial charge on any atom is -0.459 e. The lowest BCUT2D eigenvalue weighted by atomic mass is 10.2. The first-order chi connectivity index (χ1) is 12.2. The number of thiocarbonyl (C=S) groups is 1. The highest BCUT2D eigenvalue weighted by molar-refractivity contribution is 7.80. The fourth-order valence-corrected chi connectivity index (χ4v) is 3.09. The molecule has 0 radical (unpaired) electrons. The van der Waals surface area contributed by atoms with Crippen LogP contribution in [-0.4, -0.2) is 35.4 Å². The third-order valence-corrected chi connectivity index (χ3v) is 4.31. The molecule has 4 N–H and O–H groups in total. The zero-order valence-electron chi connectivity index (χ0n) is 14.0. The van der Waals surface area contributed by atoms with Crippen molar-refractivity contribution in [3.8, 4) is 0 Å². The van der Waals surface area contributed by atoms with Crippen LogP contribution in [0.3, 0.4) is 0 Å². The highest BCUT2D eigenvalue weighted by atomic mass is 32.1. The molecule has 0 saturated carbocycles. The molecule has 0 spiro atoms. The van der Waals surface area contributed by atoms with Gasteiger partial charge in [0.05, 0.1) is 12.8 Å². The Morgan fingerprint density at radius 1 is 1.32 bits per heavy atom. The molecule has 0 amide bonds. The number of rotatable bonds is 7. The highest BCUT2D eigenvalue weighted by Crippen LogP contribution is 2.21. The van der Waals surface area contributed by atoms with Crippen molar-refractivity contribution in [2.75, 3.05) is 18.4 Å². The zero-order chi connectivity index (χ0) is 17.5. The number of benzene rings is 1. The van der Waals surface area contributed by atoms with Gasteiger partial charge in [0.15, 0.2) is 5.11 Å². The van der Waals surface area contributed by atoms with Gasteiger partial charge >= 0.3 is 0 Å². The van der Waals surface area contributed by atoms with Gasteiger partial charge in [-0.25, -0.2) is 0 Å². The van der Waals surface area contributed by atoms with E-state index in [2.05, 4.69) is 32.9 Å². The van der Waals surface area contributed by atoms with E-state index in [0.717, 1.165) is 31.1 Å². The topological polar surface area (TPSA) is 78.8 Å². The molecule has 6 nitrogen and oxygen atoms in total. The van der Waals surface area contributed by atoms with Crippen molar-refractivity contribution in [1.29, 1.82) is 0 Å². The molecular weight excluding hydrogens is 334 g/mol. The first-order valence-electron chi connectivity index (χ1n) is 8.41. The molecule has 1 aromatic carbocycles. The molecule has 0 unspecified atom stereocenters. The van der Waals surface area contributed by atoms with Gasteiger partial charge in [-0.1, -0.05) is 18.2 Å². The van der Waals surface area contributed by atoms with E-state index in [1.807, 2.05) is 30.3 Å². The van der Waals surface area contributed by atoms with Crippen molar-refractivity contribution in [3.63, 3.8) is 0 Å². The molecule has 1 fully saturated rings. The summed E-state index contributed by atoms with van der Waals surface area (Å²) in [7, 11) is 0. The molecule has 132 valence electrons. The Morgan fingerprint density at radius 2 is 2.16 bits per heavy atom. The Hall–Kier alpha value is -2.38. The predicted octanol–water partition coefficient (Wildman–Crippen LogP) is 2.52. The number of nitrogens with zero attached hydrogens (tertiary/aromatic N) is 2. The van der Waals surface area contributed by atoms with E-state index in [0.29, 0.717) is 11.8 Å². The van der Waals surface area contributed by atoms with Crippen LogP contribution in [0.2, 0.25) is 0 Å². The second kappa shape index (κ2) is 8.64. The van der Waals surface area contributed by atoms with E-state index in [-0.39, 0.29) is 5.11 Å². The summed E-state index contributed by atoms with van der Waals surface area (Å²) >= 11 is 4.69. The normalized spacial score (nSPS) is 17.8. The van der Waals surface area contributed by atoms with Crippen LogP contribution in [0, 0.1) is 0 Å². The first kappa shape index (κ1) is 17.4. The summed E-state index contributed by atoms with van der Waals surface area (Å²) in [6, 6.07) is 14.7. The summed E-state index contributed by atoms with van der Waals surface area (Å²) in [6.45, 7) is 2.84. The monoisotopic (exact) mass is 357 g/mol. The maximum absolute atomic E-state index is 5.80. The maximum Gasteiger partial charge on any atom is 0.184 e. The third-order valence-electron chi connectivity index (χ3n) is 4.22. The van der Waals surface area contributed by atoms with E-state index < -0.39 is 0 Å². The average molecular weight is 357 g/mol. The van der Waals surface area contributed by atoms with Crippen LogP contribution in [0.4, 0.5) is 5.69 Å². The molecule has 1 aliphatic heterocycles. The van der Waals surface area contributed by atoms with Crippen molar-refractivity contribution >= 4 is 29.2 Å². The van der Waals surface area contributed by atoms with Crippen molar-refractivity contribution in [3.05, 3.63) is 54.0 Å². The Labute approximate surface area is 153 Å². The van der Waals surface area contributed by atoms with Gasteiger partial charge in [0, 0.05) is 18.3 Å². The van der Waals surface area contributed by atoms with Crippen molar-refractivity contribution in [2.24, 2.45) is 10.8 Å². The summed E-state index contributed by atoms with van der Waals surface area (Å²) in [5, 5.41) is 7.56. The second-order valence-corrected chi connectivity index (χ2v) is 6.49. The number of nitrogens with two attached hydrogens (primary N) is 1. The fraction of sp³-hybridized carbons (Fsp3) is 0.333. The fourth-order valence-electron chi connectivity index (χ4n) is 3.03. The number of hydrogen-bond donors (Lipinski definition) is 3. The van der Waals surface area contributed by atoms with Crippen molar-refractivity contribution < 1.29 is 4.42 Å². The van der Waals surface area contributed by atoms with Crippen molar-refractivity contribution in [2.45, 2.75) is 25.4 Å². The SMILES string of the molecule is NC(=S)N/N=C/c1ccc(CN2CCC[C@H]2CNc2ccccc2)o1. The lowest BCUT2D eigenvalue weighted by molar-refractivity contribution is 0.233. The molecule has 0 bridgehead atoms.